The van der Waals surface area contributed by atoms with Gasteiger partial charge in [-0.25, -0.2) is 0 Å². The third-order valence-corrected chi connectivity index (χ3v) is 5.13. The standard InChI is InChI=1S/C14H24N2O3S/c1-19-14(18)9-12-4-2-3-6-16(12)13(17)8-11-10-20-7-5-15-11/h11-12,15H,2-10H2,1H3. The minimum absolute atomic E-state index is 0.0277. The second-order valence-electron chi connectivity index (χ2n) is 5.45. The molecule has 20 heavy (non-hydrogen) atoms. The minimum Gasteiger partial charge on any atom is -0.469 e. The molecule has 0 spiro atoms. The van der Waals surface area contributed by atoms with Gasteiger partial charge in [-0.1, -0.05) is 0 Å². The average Bonchev–Trinajstić information content (AvgIpc) is 2.48. The van der Waals surface area contributed by atoms with Crippen LogP contribution in [-0.2, 0) is 14.3 Å². The Labute approximate surface area is 124 Å². The second-order valence-corrected chi connectivity index (χ2v) is 6.60. The van der Waals surface area contributed by atoms with E-state index in [1.807, 2.05) is 16.7 Å². The third-order valence-electron chi connectivity index (χ3n) is 4.00. The van der Waals surface area contributed by atoms with Crippen molar-refractivity contribution in [2.75, 3.05) is 31.7 Å². The summed E-state index contributed by atoms with van der Waals surface area (Å²) in [7, 11) is 1.40. The average molecular weight is 300 g/mol. The molecule has 2 heterocycles. The molecule has 1 N–H and O–H groups in total. The van der Waals surface area contributed by atoms with Crippen LogP contribution in [0.2, 0.25) is 0 Å². The van der Waals surface area contributed by atoms with Crippen molar-refractivity contribution in [2.24, 2.45) is 0 Å². The van der Waals surface area contributed by atoms with Crippen molar-refractivity contribution in [1.82, 2.24) is 10.2 Å². The normalized spacial score (nSPS) is 27.1. The van der Waals surface area contributed by atoms with E-state index in [1.165, 1.54) is 7.11 Å². The number of likely N-dealkylation sites (tertiary alicyclic amines) is 1. The number of esters is 1. The van der Waals surface area contributed by atoms with Crippen LogP contribution in [0.15, 0.2) is 0 Å². The lowest BCUT2D eigenvalue weighted by Crippen LogP contribution is -2.48. The molecule has 0 bridgehead atoms. The Kier molecular flexibility index (Phi) is 6.16. The molecule has 2 unspecified atom stereocenters. The van der Waals surface area contributed by atoms with Gasteiger partial charge in [-0.2, -0.15) is 11.8 Å². The van der Waals surface area contributed by atoms with Crippen molar-refractivity contribution in [2.45, 2.75) is 44.2 Å². The van der Waals surface area contributed by atoms with Crippen LogP contribution >= 0.6 is 11.8 Å². The molecule has 2 fully saturated rings. The fraction of sp³-hybridized carbons (Fsp3) is 0.857. The second kappa shape index (κ2) is 7.88. The van der Waals surface area contributed by atoms with Crippen molar-refractivity contribution in [3.63, 3.8) is 0 Å². The van der Waals surface area contributed by atoms with Crippen molar-refractivity contribution in [3.05, 3.63) is 0 Å². The molecule has 0 aliphatic carbocycles. The molecular weight excluding hydrogens is 276 g/mol. The zero-order chi connectivity index (χ0) is 14.4. The summed E-state index contributed by atoms with van der Waals surface area (Å²) in [6, 6.07) is 0.307. The van der Waals surface area contributed by atoms with Crippen LogP contribution in [-0.4, -0.2) is 60.6 Å². The summed E-state index contributed by atoms with van der Waals surface area (Å²) in [5.74, 6) is 2.08. The summed E-state index contributed by atoms with van der Waals surface area (Å²) >= 11 is 1.90. The van der Waals surface area contributed by atoms with Gasteiger partial charge >= 0.3 is 5.97 Å². The lowest BCUT2D eigenvalue weighted by Gasteiger charge is -2.36. The first-order chi connectivity index (χ1) is 9.70. The van der Waals surface area contributed by atoms with Gasteiger partial charge in [0, 0.05) is 43.1 Å². The summed E-state index contributed by atoms with van der Waals surface area (Å²) in [6.45, 7) is 1.76. The van der Waals surface area contributed by atoms with E-state index in [1.54, 1.807) is 0 Å². The highest BCUT2D eigenvalue weighted by Gasteiger charge is 2.30. The predicted octanol–water partition coefficient (Wildman–Crippen LogP) is 1.03. The molecule has 2 aliphatic rings. The lowest BCUT2D eigenvalue weighted by atomic mass is 9.98. The Balaban J connectivity index is 1.88. The van der Waals surface area contributed by atoms with Crippen LogP contribution in [0.5, 0.6) is 0 Å². The van der Waals surface area contributed by atoms with Gasteiger partial charge in [0.1, 0.15) is 0 Å². The van der Waals surface area contributed by atoms with E-state index in [9.17, 15) is 9.59 Å². The van der Waals surface area contributed by atoms with Crippen LogP contribution in [0.3, 0.4) is 0 Å². The summed E-state index contributed by atoms with van der Waals surface area (Å²) in [6.07, 6.45) is 3.91. The zero-order valence-corrected chi connectivity index (χ0v) is 12.9. The van der Waals surface area contributed by atoms with E-state index in [2.05, 4.69) is 5.32 Å². The minimum atomic E-state index is -0.221. The highest BCUT2D eigenvalue weighted by Crippen LogP contribution is 2.22. The molecular formula is C14H24N2O3S. The summed E-state index contributed by atoms with van der Waals surface area (Å²) in [5.41, 5.74) is 0. The highest BCUT2D eigenvalue weighted by molar-refractivity contribution is 7.99. The van der Waals surface area contributed by atoms with Crippen LogP contribution in [0.4, 0.5) is 0 Å². The Morgan fingerprint density at radius 1 is 1.35 bits per heavy atom. The SMILES string of the molecule is COC(=O)CC1CCCCN1C(=O)CC1CSCCN1. The number of hydrogen-bond acceptors (Lipinski definition) is 5. The number of piperidine rings is 1. The Morgan fingerprint density at radius 3 is 2.90 bits per heavy atom. The molecule has 114 valence electrons. The molecule has 2 rings (SSSR count). The van der Waals surface area contributed by atoms with Crippen molar-refractivity contribution in [3.8, 4) is 0 Å². The number of hydrogen-bond donors (Lipinski definition) is 1. The van der Waals surface area contributed by atoms with Crippen LogP contribution in [0.25, 0.3) is 0 Å². The number of rotatable bonds is 4. The van der Waals surface area contributed by atoms with Gasteiger partial charge in [0.05, 0.1) is 13.5 Å². The van der Waals surface area contributed by atoms with Gasteiger partial charge in [-0.3, -0.25) is 9.59 Å². The summed E-state index contributed by atoms with van der Waals surface area (Å²) in [5, 5.41) is 3.40. The first-order valence-corrected chi connectivity index (χ1v) is 8.53. The maximum absolute atomic E-state index is 12.5. The lowest BCUT2D eigenvalue weighted by molar-refractivity contribution is -0.144. The molecule has 2 saturated heterocycles. The molecule has 0 saturated carbocycles. The zero-order valence-electron chi connectivity index (χ0n) is 12.1. The topological polar surface area (TPSA) is 58.6 Å². The van der Waals surface area contributed by atoms with Crippen molar-refractivity contribution >= 4 is 23.6 Å². The van der Waals surface area contributed by atoms with Gasteiger partial charge in [-0.15, -0.1) is 0 Å². The molecule has 0 aromatic heterocycles. The smallest absolute Gasteiger partial charge is 0.307 e. The molecule has 0 aromatic carbocycles. The number of carbonyl (C=O) groups is 2. The fourth-order valence-corrected chi connectivity index (χ4v) is 3.84. The number of nitrogens with zero attached hydrogens (tertiary/aromatic N) is 1. The predicted molar refractivity (Wildman–Crippen MR) is 79.7 cm³/mol. The molecule has 6 heteroatoms. The van der Waals surface area contributed by atoms with Crippen LogP contribution < -0.4 is 5.32 Å². The van der Waals surface area contributed by atoms with E-state index < -0.39 is 0 Å². The van der Waals surface area contributed by atoms with Gasteiger partial charge in [0.15, 0.2) is 0 Å². The van der Waals surface area contributed by atoms with Gasteiger partial charge in [-0.05, 0) is 19.3 Å². The molecule has 2 aliphatic heterocycles. The van der Waals surface area contributed by atoms with Crippen LogP contribution in [0.1, 0.15) is 32.1 Å². The van der Waals surface area contributed by atoms with Crippen molar-refractivity contribution in [1.29, 1.82) is 0 Å². The first-order valence-electron chi connectivity index (χ1n) is 7.38. The fourth-order valence-electron chi connectivity index (χ4n) is 2.90. The summed E-state index contributed by atoms with van der Waals surface area (Å²) < 4.78 is 4.74. The molecule has 2 atom stereocenters. The van der Waals surface area contributed by atoms with E-state index in [-0.39, 0.29) is 24.0 Å². The largest absolute Gasteiger partial charge is 0.469 e. The Morgan fingerprint density at radius 2 is 2.20 bits per heavy atom. The van der Waals surface area contributed by atoms with Gasteiger partial charge < -0.3 is 15.0 Å². The maximum Gasteiger partial charge on any atom is 0.307 e. The molecule has 1 amide bonds. The van der Waals surface area contributed by atoms with E-state index in [0.717, 1.165) is 43.9 Å². The quantitative estimate of drug-likeness (QED) is 0.786. The number of ether oxygens (including phenoxy) is 1. The monoisotopic (exact) mass is 300 g/mol. The summed E-state index contributed by atoms with van der Waals surface area (Å²) in [4.78, 5) is 25.8. The highest BCUT2D eigenvalue weighted by atomic mass is 32.2. The molecule has 0 aromatic rings. The van der Waals surface area contributed by atoms with Gasteiger partial charge in [0.25, 0.3) is 0 Å². The van der Waals surface area contributed by atoms with Crippen molar-refractivity contribution < 1.29 is 14.3 Å². The molecule has 0 radical (unpaired) electrons. The van der Waals surface area contributed by atoms with Gasteiger partial charge in [0.2, 0.25) is 5.91 Å². The van der Waals surface area contributed by atoms with E-state index >= 15 is 0 Å². The number of amides is 1. The first kappa shape index (κ1) is 15.6. The van der Waals surface area contributed by atoms with Crippen LogP contribution in [0, 0.1) is 0 Å². The van der Waals surface area contributed by atoms with E-state index in [0.29, 0.717) is 12.8 Å². The third kappa shape index (κ3) is 4.38. The number of carbonyl (C=O) groups excluding carboxylic acids is 2. The number of thioether (sulfide) groups is 1. The van der Waals surface area contributed by atoms with E-state index in [4.69, 9.17) is 4.74 Å². The molecule has 5 nitrogen and oxygen atoms in total. The number of nitrogens with one attached hydrogen (secondary N) is 1. The maximum atomic E-state index is 12.5. The number of methoxy groups -OCH3 is 1. The Bertz CT molecular complexity index is 345. The Hall–Kier alpha value is -0.750.